The fraction of sp³-hybridized carbons (Fsp3) is 0.143. The van der Waals surface area contributed by atoms with Crippen LogP contribution >= 0.6 is 39.3 Å². The van der Waals surface area contributed by atoms with Gasteiger partial charge in [-0.05, 0) is 46.3 Å². The summed E-state index contributed by atoms with van der Waals surface area (Å²) < 4.78 is 0.928. The first-order chi connectivity index (χ1) is 10.1. The third-order valence-corrected chi connectivity index (χ3v) is 4.78. The summed E-state index contributed by atoms with van der Waals surface area (Å²) in [6.07, 6.45) is 2.09. The standard InChI is InChI=1S/C14H13BrClN3OS/c15-10-2-1-6-18-14(10)21-7-5-13(20)19-12-4-3-9(17)8-11(12)16/h1-4,6,8H,5,7,17H2,(H,19,20). The van der Waals surface area contributed by atoms with E-state index in [1.807, 2.05) is 12.1 Å². The van der Waals surface area contributed by atoms with Gasteiger partial charge < -0.3 is 11.1 Å². The van der Waals surface area contributed by atoms with Crippen molar-refractivity contribution in [2.45, 2.75) is 11.4 Å². The molecular weight excluding hydrogens is 374 g/mol. The molecule has 0 spiro atoms. The molecule has 21 heavy (non-hydrogen) atoms. The fourth-order valence-electron chi connectivity index (χ4n) is 1.56. The van der Waals surface area contributed by atoms with Crippen LogP contribution in [0.15, 0.2) is 46.0 Å². The molecule has 7 heteroatoms. The Kier molecular flexibility index (Phi) is 5.90. The van der Waals surface area contributed by atoms with Gasteiger partial charge in [-0.2, -0.15) is 0 Å². The number of nitrogens with two attached hydrogens (primary N) is 1. The normalized spacial score (nSPS) is 10.4. The van der Waals surface area contributed by atoms with E-state index in [1.165, 1.54) is 11.8 Å². The second-order valence-electron chi connectivity index (χ2n) is 4.18. The number of amides is 1. The Labute approximate surface area is 140 Å². The zero-order valence-electron chi connectivity index (χ0n) is 11.0. The average molecular weight is 387 g/mol. The molecule has 0 radical (unpaired) electrons. The number of anilines is 2. The predicted molar refractivity (Wildman–Crippen MR) is 91.8 cm³/mol. The molecule has 0 bridgehead atoms. The fourth-order valence-corrected chi connectivity index (χ4v) is 3.22. The average Bonchev–Trinajstić information content (AvgIpc) is 2.44. The van der Waals surface area contributed by atoms with Crippen molar-refractivity contribution in [3.05, 3.63) is 46.0 Å². The van der Waals surface area contributed by atoms with Crippen LogP contribution in [0.4, 0.5) is 11.4 Å². The molecule has 1 aromatic heterocycles. The highest BCUT2D eigenvalue weighted by atomic mass is 79.9. The lowest BCUT2D eigenvalue weighted by Gasteiger charge is -2.08. The van der Waals surface area contributed by atoms with E-state index < -0.39 is 0 Å². The molecule has 0 aliphatic rings. The molecule has 1 heterocycles. The highest BCUT2D eigenvalue weighted by Gasteiger charge is 2.07. The largest absolute Gasteiger partial charge is 0.399 e. The summed E-state index contributed by atoms with van der Waals surface area (Å²) in [5, 5.41) is 4.07. The third-order valence-electron chi connectivity index (χ3n) is 2.56. The molecule has 4 nitrogen and oxygen atoms in total. The number of halogens is 2. The van der Waals surface area contributed by atoms with E-state index in [-0.39, 0.29) is 5.91 Å². The Morgan fingerprint density at radius 2 is 2.24 bits per heavy atom. The van der Waals surface area contributed by atoms with E-state index >= 15 is 0 Å². The molecule has 0 fully saturated rings. The Bertz CT molecular complexity index is 654. The van der Waals surface area contributed by atoms with Gasteiger partial charge in [0.2, 0.25) is 5.91 Å². The van der Waals surface area contributed by atoms with E-state index in [4.69, 9.17) is 17.3 Å². The van der Waals surface area contributed by atoms with Crippen molar-refractivity contribution >= 4 is 56.6 Å². The van der Waals surface area contributed by atoms with Crippen molar-refractivity contribution in [3.8, 4) is 0 Å². The second-order valence-corrected chi connectivity index (χ2v) is 6.52. The van der Waals surface area contributed by atoms with Crippen LogP contribution in [0.1, 0.15) is 6.42 Å². The lowest BCUT2D eigenvalue weighted by atomic mass is 10.3. The Morgan fingerprint density at radius 1 is 1.43 bits per heavy atom. The van der Waals surface area contributed by atoms with Crippen LogP contribution in [0, 0.1) is 0 Å². The van der Waals surface area contributed by atoms with Crippen molar-refractivity contribution in [1.29, 1.82) is 0 Å². The predicted octanol–water partition coefficient (Wildman–Crippen LogP) is 4.20. The first-order valence-electron chi connectivity index (χ1n) is 6.14. The third kappa shape index (κ3) is 4.91. The van der Waals surface area contributed by atoms with Crippen LogP contribution in [-0.2, 0) is 4.79 Å². The van der Waals surface area contributed by atoms with Crippen molar-refractivity contribution < 1.29 is 4.79 Å². The number of aromatic nitrogens is 1. The summed E-state index contributed by atoms with van der Waals surface area (Å²) in [5.74, 6) is 0.537. The number of benzene rings is 1. The number of nitrogen functional groups attached to an aromatic ring is 1. The summed E-state index contributed by atoms with van der Waals surface area (Å²) in [6.45, 7) is 0. The van der Waals surface area contributed by atoms with Gasteiger partial charge in [-0.3, -0.25) is 4.79 Å². The number of nitrogens with zero attached hydrogens (tertiary/aromatic N) is 1. The number of rotatable bonds is 5. The Hall–Kier alpha value is -1.24. The number of nitrogens with one attached hydrogen (secondary N) is 1. The first kappa shape index (κ1) is 16.1. The van der Waals surface area contributed by atoms with Crippen LogP contribution in [0.25, 0.3) is 0 Å². The minimum Gasteiger partial charge on any atom is -0.399 e. The number of pyridine rings is 1. The summed E-state index contributed by atoms with van der Waals surface area (Å²) in [7, 11) is 0. The molecule has 0 unspecified atom stereocenters. The molecular formula is C14H13BrClN3OS. The van der Waals surface area contributed by atoms with E-state index in [1.54, 1.807) is 24.4 Å². The Balaban J connectivity index is 1.84. The van der Waals surface area contributed by atoms with Crippen LogP contribution in [-0.4, -0.2) is 16.6 Å². The molecule has 0 aliphatic heterocycles. The lowest BCUT2D eigenvalue weighted by Crippen LogP contribution is -2.12. The molecule has 110 valence electrons. The topological polar surface area (TPSA) is 68.0 Å². The van der Waals surface area contributed by atoms with Gasteiger partial charge in [0.15, 0.2) is 0 Å². The van der Waals surface area contributed by atoms with Gasteiger partial charge in [-0.15, -0.1) is 11.8 Å². The van der Waals surface area contributed by atoms with Crippen molar-refractivity contribution in [2.75, 3.05) is 16.8 Å². The second kappa shape index (κ2) is 7.68. The van der Waals surface area contributed by atoms with Gasteiger partial charge in [0, 0.05) is 28.5 Å². The maximum Gasteiger partial charge on any atom is 0.225 e. The monoisotopic (exact) mass is 385 g/mol. The minimum atomic E-state index is -0.0961. The number of hydrogen-bond acceptors (Lipinski definition) is 4. The zero-order chi connectivity index (χ0) is 15.2. The van der Waals surface area contributed by atoms with Crippen LogP contribution in [0.3, 0.4) is 0 Å². The molecule has 0 saturated heterocycles. The number of thioether (sulfide) groups is 1. The van der Waals surface area contributed by atoms with Crippen molar-refractivity contribution in [2.24, 2.45) is 0 Å². The Morgan fingerprint density at radius 3 is 2.95 bits per heavy atom. The van der Waals surface area contributed by atoms with Crippen LogP contribution in [0.5, 0.6) is 0 Å². The van der Waals surface area contributed by atoms with Crippen LogP contribution < -0.4 is 11.1 Å². The molecule has 2 aromatic rings. The van der Waals surface area contributed by atoms with Gasteiger partial charge in [0.05, 0.1) is 10.7 Å². The minimum absolute atomic E-state index is 0.0961. The maximum atomic E-state index is 11.9. The van der Waals surface area contributed by atoms with E-state index in [9.17, 15) is 4.79 Å². The highest BCUT2D eigenvalue weighted by Crippen LogP contribution is 2.26. The smallest absolute Gasteiger partial charge is 0.225 e. The molecule has 1 amide bonds. The van der Waals surface area contributed by atoms with Crippen molar-refractivity contribution in [1.82, 2.24) is 4.98 Å². The summed E-state index contributed by atoms with van der Waals surface area (Å²) >= 11 is 10.9. The van der Waals surface area contributed by atoms with Gasteiger partial charge in [0.25, 0.3) is 0 Å². The van der Waals surface area contributed by atoms with E-state index in [0.717, 1.165) is 9.50 Å². The maximum absolute atomic E-state index is 11.9. The van der Waals surface area contributed by atoms with Gasteiger partial charge in [-0.25, -0.2) is 4.98 Å². The van der Waals surface area contributed by atoms with Gasteiger partial charge in [0.1, 0.15) is 5.03 Å². The van der Waals surface area contributed by atoms with Gasteiger partial charge >= 0.3 is 0 Å². The lowest BCUT2D eigenvalue weighted by molar-refractivity contribution is -0.115. The highest BCUT2D eigenvalue weighted by molar-refractivity contribution is 9.10. The SMILES string of the molecule is Nc1ccc(NC(=O)CCSc2ncccc2Br)c(Cl)c1. The first-order valence-corrected chi connectivity index (χ1v) is 8.30. The van der Waals surface area contributed by atoms with Crippen LogP contribution in [0.2, 0.25) is 5.02 Å². The summed E-state index contributed by atoms with van der Waals surface area (Å²) in [5.41, 5.74) is 6.74. The molecule has 0 atom stereocenters. The van der Waals surface area contributed by atoms with E-state index in [2.05, 4.69) is 26.2 Å². The van der Waals surface area contributed by atoms with E-state index in [0.29, 0.717) is 28.6 Å². The summed E-state index contributed by atoms with van der Waals surface area (Å²) in [4.78, 5) is 16.1. The molecule has 1 aromatic carbocycles. The van der Waals surface area contributed by atoms with Crippen molar-refractivity contribution in [3.63, 3.8) is 0 Å². The number of carbonyl (C=O) groups excluding carboxylic acids is 1. The molecule has 3 N–H and O–H groups in total. The molecule has 0 aliphatic carbocycles. The van der Waals surface area contributed by atoms with Gasteiger partial charge in [-0.1, -0.05) is 11.6 Å². The summed E-state index contributed by atoms with van der Waals surface area (Å²) in [6, 6.07) is 8.77. The quantitative estimate of drug-likeness (QED) is 0.597. The molecule has 0 saturated carbocycles. The number of hydrogen-bond donors (Lipinski definition) is 2. The zero-order valence-corrected chi connectivity index (χ0v) is 14.1. The number of carbonyl (C=O) groups is 1. The molecule has 2 rings (SSSR count).